The van der Waals surface area contributed by atoms with E-state index < -0.39 is 0 Å². The highest BCUT2D eigenvalue weighted by molar-refractivity contribution is 7.12. The molecule has 0 saturated carbocycles. The molecule has 2 heterocycles. The van der Waals surface area contributed by atoms with Crippen LogP contribution in [0.1, 0.15) is 38.5 Å². The summed E-state index contributed by atoms with van der Waals surface area (Å²) in [6, 6.07) is 12.2. The molecule has 148 valence electrons. The smallest absolute Gasteiger partial charge is 0.223 e. The average Bonchev–Trinajstić information content (AvgIpc) is 3.05. The van der Waals surface area contributed by atoms with Gasteiger partial charge in [0.1, 0.15) is 0 Å². The van der Waals surface area contributed by atoms with Crippen LogP contribution in [0.25, 0.3) is 6.08 Å². The van der Waals surface area contributed by atoms with Crippen molar-refractivity contribution in [2.45, 2.75) is 26.7 Å². The fourth-order valence-corrected chi connectivity index (χ4v) is 4.45. The first-order valence-corrected chi connectivity index (χ1v) is 10.7. The lowest BCUT2D eigenvalue weighted by molar-refractivity contribution is -0.132. The summed E-state index contributed by atoms with van der Waals surface area (Å²) in [7, 11) is 0. The summed E-state index contributed by atoms with van der Waals surface area (Å²) in [5.41, 5.74) is 1.99. The van der Waals surface area contributed by atoms with Crippen LogP contribution in [-0.4, -0.2) is 54.2 Å². The lowest BCUT2D eigenvalue weighted by Gasteiger charge is -2.34. The SMILES string of the molecule is Cc1cc(C(=O)CCC(=O)N2CCN(CC=Cc3ccccc3)CC2)c(C)s1. The van der Waals surface area contributed by atoms with Gasteiger partial charge in [-0.05, 0) is 25.5 Å². The summed E-state index contributed by atoms with van der Waals surface area (Å²) in [6.45, 7) is 8.10. The molecular formula is C23H28N2O2S. The van der Waals surface area contributed by atoms with Gasteiger partial charge in [-0.15, -0.1) is 11.3 Å². The number of hydrogen-bond acceptors (Lipinski definition) is 4. The Morgan fingerprint density at radius 2 is 1.75 bits per heavy atom. The molecule has 5 heteroatoms. The molecular weight excluding hydrogens is 368 g/mol. The fraction of sp³-hybridized carbons (Fsp3) is 0.391. The number of piperazine rings is 1. The average molecular weight is 397 g/mol. The van der Waals surface area contributed by atoms with E-state index in [1.807, 2.05) is 43.0 Å². The number of Topliss-reactive ketones (excluding diaryl/α,β-unsaturated/α-hetero) is 1. The van der Waals surface area contributed by atoms with Crippen LogP contribution in [0.4, 0.5) is 0 Å². The Balaban J connectivity index is 1.39. The van der Waals surface area contributed by atoms with Gasteiger partial charge in [-0.1, -0.05) is 42.5 Å². The van der Waals surface area contributed by atoms with Crippen LogP contribution in [0.3, 0.4) is 0 Å². The minimum Gasteiger partial charge on any atom is -0.340 e. The number of ketones is 1. The summed E-state index contributed by atoms with van der Waals surface area (Å²) in [5.74, 6) is 0.178. The van der Waals surface area contributed by atoms with Gasteiger partial charge >= 0.3 is 0 Å². The maximum atomic E-state index is 12.5. The molecule has 1 aromatic carbocycles. The van der Waals surface area contributed by atoms with Gasteiger partial charge in [0.2, 0.25) is 5.91 Å². The van der Waals surface area contributed by atoms with E-state index in [4.69, 9.17) is 0 Å². The van der Waals surface area contributed by atoms with Crippen LogP contribution in [0.15, 0.2) is 42.5 Å². The third-order valence-electron chi connectivity index (χ3n) is 5.11. The number of aryl methyl sites for hydroxylation is 2. The van der Waals surface area contributed by atoms with E-state index in [2.05, 4.69) is 29.2 Å². The van der Waals surface area contributed by atoms with E-state index in [-0.39, 0.29) is 11.7 Å². The van der Waals surface area contributed by atoms with Crippen molar-refractivity contribution < 1.29 is 9.59 Å². The van der Waals surface area contributed by atoms with Crippen molar-refractivity contribution in [2.24, 2.45) is 0 Å². The molecule has 0 radical (unpaired) electrons. The number of carbonyl (C=O) groups excluding carboxylic acids is 2. The maximum Gasteiger partial charge on any atom is 0.223 e. The molecule has 0 spiro atoms. The molecule has 0 N–H and O–H groups in total. The number of rotatable bonds is 7. The highest BCUT2D eigenvalue weighted by Crippen LogP contribution is 2.22. The Morgan fingerprint density at radius 3 is 2.39 bits per heavy atom. The molecule has 1 amide bonds. The molecule has 0 bridgehead atoms. The van der Waals surface area contributed by atoms with Gasteiger partial charge in [-0.3, -0.25) is 14.5 Å². The largest absolute Gasteiger partial charge is 0.340 e. The van der Waals surface area contributed by atoms with Crippen molar-refractivity contribution in [1.29, 1.82) is 0 Å². The molecule has 0 aliphatic carbocycles. The summed E-state index contributed by atoms with van der Waals surface area (Å²) >= 11 is 1.64. The van der Waals surface area contributed by atoms with E-state index in [1.54, 1.807) is 11.3 Å². The van der Waals surface area contributed by atoms with Gasteiger partial charge in [0.15, 0.2) is 5.78 Å². The predicted molar refractivity (Wildman–Crippen MR) is 116 cm³/mol. The van der Waals surface area contributed by atoms with Gasteiger partial charge in [-0.2, -0.15) is 0 Å². The Bertz CT molecular complexity index is 834. The zero-order valence-electron chi connectivity index (χ0n) is 16.7. The monoisotopic (exact) mass is 396 g/mol. The third-order valence-corrected chi connectivity index (χ3v) is 6.07. The first-order valence-electron chi connectivity index (χ1n) is 9.85. The number of hydrogen-bond donors (Lipinski definition) is 0. The van der Waals surface area contributed by atoms with Crippen molar-refractivity contribution >= 4 is 29.1 Å². The molecule has 28 heavy (non-hydrogen) atoms. The highest BCUT2D eigenvalue weighted by atomic mass is 32.1. The van der Waals surface area contributed by atoms with Gasteiger partial charge in [-0.25, -0.2) is 0 Å². The van der Waals surface area contributed by atoms with Gasteiger partial charge in [0.25, 0.3) is 0 Å². The predicted octanol–water partition coefficient (Wildman–Crippen LogP) is 4.19. The number of benzene rings is 1. The minimum atomic E-state index is 0.0832. The third kappa shape index (κ3) is 5.63. The Labute approximate surface area is 171 Å². The summed E-state index contributed by atoms with van der Waals surface area (Å²) < 4.78 is 0. The minimum absolute atomic E-state index is 0.0832. The molecule has 3 rings (SSSR count). The van der Waals surface area contributed by atoms with Crippen molar-refractivity contribution in [2.75, 3.05) is 32.7 Å². The van der Waals surface area contributed by atoms with Crippen molar-refractivity contribution in [1.82, 2.24) is 9.80 Å². The van der Waals surface area contributed by atoms with E-state index in [1.165, 1.54) is 5.56 Å². The topological polar surface area (TPSA) is 40.6 Å². The van der Waals surface area contributed by atoms with Gasteiger partial charge in [0, 0.05) is 60.9 Å². The molecule has 0 atom stereocenters. The lowest BCUT2D eigenvalue weighted by Crippen LogP contribution is -2.48. The lowest BCUT2D eigenvalue weighted by atomic mass is 10.1. The number of nitrogens with zero attached hydrogens (tertiary/aromatic N) is 2. The quantitative estimate of drug-likeness (QED) is 0.659. The number of carbonyl (C=O) groups is 2. The number of amides is 1. The van der Waals surface area contributed by atoms with Crippen LogP contribution in [-0.2, 0) is 4.79 Å². The molecule has 1 aliphatic heterocycles. The van der Waals surface area contributed by atoms with Crippen LogP contribution in [0, 0.1) is 13.8 Å². The van der Waals surface area contributed by atoms with Crippen molar-refractivity contribution in [3.63, 3.8) is 0 Å². The second-order valence-corrected chi connectivity index (χ2v) is 8.70. The van der Waals surface area contributed by atoms with E-state index in [0.29, 0.717) is 12.8 Å². The van der Waals surface area contributed by atoms with Gasteiger partial charge < -0.3 is 4.90 Å². The van der Waals surface area contributed by atoms with Crippen molar-refractivity contribution in [3.8, 4) is 0 Å². The Hall–Kier alpha value is -2.24. The fourth-order valence-electron chi connectivity index (χ4n) is 3.50. The summed E-state index contributed by atoms with van der Waals surface area (Å²) in [4.78, 5) is 31.3. The molecule has 1 aromatic heterocycles. The first kappa shape index (κ1) is 20.5. The summed E-state index contributed by atoms with van der Waals surface area (Å²) in [5, 5.41) is 0. The van der Waals surface area contributed by atoms with Crippen LogP contribution >= 0.6 is 11.3 Å². The first-order chi connectivity index (χ1) is 13.5. The number of thiophene rings is 1. The zero-order chi connectivity index (χ0) is 19.9. The standard InChI is InChI=1S/C23H28N2O2S/c1-18-17-21(19(2)28-18)22(26)10-11-23(27)25-15-13-24(14-16-25)12-6-9-20-7-4-3-5-8-20/h3-9,17H,10-16H2,1-2H3. The Morgan fingerprint density at radius 1 is 1.04 bits per heavy atom. The van der Waals surface area contributed by atoms with Crippen LogP contribution in [0.5, 0.6) is 0 Å². The molecule has 0 unspecified atom stereocenters. The van der Waals surface area contributed by atoms with Crippen molar-refractivity contribution in [3.05, 3.63) is 63.4 Å². The molecule has 1 saturated heterocycles. The highest BCUT2D eigenvalue weighted by Gasteiger charge is 2.21. The van der Waals surface area contributed by atoms with Gasteiger partial charge in [0.05, 0.1) is 0 Å². The van der Waals surface area contributed by atoms with E-state index in [0.717, 1.165) is 48.0 Å². The molecule has 1 fully saturated rings. The van der Waals surface area contributed by atoms with E-state index >= 15 is 0 Å². The Kier molecular flexibility index (Phi) is 7.18. The molecule has 4 nitrogen and oxygen atoms in total. The normalized spacial score (nSPS) is 15.3. The second-order valence-electron chi connectivity index (χ2n) is 7.24. The molecule has 2 aromatic rings. The molecule has 1 aliphatic rings. The zero-order valence-corrected chi connectivity index (χ0v) is 17.5. The summed E-state index contributed by atoms with van der Waals surface area (Å²) in [6.07, 6.45) is 4.92. The van der Waals surface area contributed by atoms with E-state index in [9.17, 15) is 9.59 Å². The van der Waals surface area contributed by atoms with Crippen LogP contribution in [0.2, 0.25) is 0 Å². The second kappa shape index (κ2) is 9.80. The maximum absolute atomic E-state index is 12.5. The van der Waals surface area contributed by atoms with Crippen LogP contribution < -0.4 is 0 Å².